The zero-order valence-electron chi connectivity index (χ0n) is 16.0. The van der Waals surface area contributed by atoms with Crippen LogP contribution in [0.1, 0.15) is 35.2 Å². The van der Waals surface area contributed by atoms with E-state index in [4.69, 9.17) is 4.74 Å². The van der Waals surface area contributed by atoms with E-state index in [0.29, 0.717) is 38.3 Å². The van der Waals surface area contributed by atoms with Crippen LogP contribution in [-0.4, -0.2) is 56.9 Å². The van der Waals surface area contributed by atoms with Crippen molar-refractivity contribution in [3.05, 3.63) is 52.2 Å². The molecule has 0 unspecified atom stereocenters. The Bertz CT molecular complexity index is 858. The van der Waals surface area contributed by atoms with Crippen molar-refractivity contribution in [2.75, 3.05) is 33.4 Å². The number of piperidine rings is 1. The Labute approximate surface area is 170 Å². The third kappa shape index (κ3) is 5.00. The molecular formula is C20H26N2O4S2. The number of rotatable bonds is 8. The summed E-state index contributed by atoms with van der Waals surface area (Å²) in [7, 11) is -1.89. The minimum Gasteiger partial charge on any atom is -0.383 e. The van der Waals surface area contributed by atoms with Gasteiger partial charge in [-0.1, -0.05) is 6.42 Å². The first-order chi connectivity index (χ1) is 13.5. The zero-order valence-corrected chi connectivity index (χ0v) is 17.7. The van der Waals surface area contributed by atoms with Crippen molar-refractivity contribution in [1.82, 2.24) is 9.21 Å². The smallest absolute Gasteiger partial charge is 0.254 e. The van der Waals surface area contributed by atoms with Crippen LogP contribution in [0.5, 0.6) is 0 Å². The van der Waals surface area contributed by atoms with Gasteiger partial charge in [-0.25, -0.2) is 8.42 Å². The molecule has 1 fully saturated rings. The van der Waals surface area contributed by atoms with Crippen molar-refractivity contribution in [3.8, 4) is 0 Å². The van der Waals surface area contributed by atoms with Gasteiger partial charge in [0.2, 0.25) is 10.0 Å². The highest BCUT2D eigenvalue weighted by molar-refractivity contribution is 7.89. The van der Waals surface area contributed by atoms with E-state index >= 15 is 0 Å². The van der Waals surface area contributed by atoms with Gasteiger partial charge >= 0.3 is 0 Å². The molecule has 3 rings (SSSR count). The highest BCUT2D eigenvalue weighted by Gasteiger charge is 2.26. The highest BCUT2D eigenvalue weighted by atomic mass is 32.2. The van der Waals surface area contributed by atoms with Gasteiger partial charge in [0.25, 0.3) is 5.91 Å². The quantitative estimate of drug-likeness (QED) is 0.655. The third-order valence-corrected chi connectivity index (χ3v) is 7.51. The largest absolute Gasteiger partial charge is 0.383 e. The van der Waals surface area contributed by atoms with Crippen molar-refractivity contribution in [3.63, 3.8) is 0 Å². The van der Waals surface area contributed by atoms with Crippen LogP contribution in [0.15, 0.2) is 46.0 Å². The van der Waals surface area contributed by atoms with Crippen LogP contribution in [0, 0.1) is 0 Å². The summed E-state index contributed by atoms with van der Waals surface area (Å²) < 4.78 is 32.2. The van der Waals surface area contributed by atoms with E-state index in [1.54, 1.807) is 35.5 Å². The standard InChI is InChI=1S/C20H26N2O4S2/c1-26-13-12-21(15-17-9-14-27-16-17)20(23)18-5-7-19(8-6-18)28(24,25)22-10-3-2-4-11-22/h5-9,14,16H,2-4,10-13,15H2,1H3. The summed E-state index contributed by atoms with van der Waals surface area (Å²) in [5.74, 6) is -0.134. The van der Waals surface area contributed by atoms with Gasteiger partial charge in [-0.2, -0.15) is 15.6 Å². The number of thiophene rings is 1. The van der Waals surface area contributed by atoms with E-state index in [0.717, 1.165) is 24.8 Å². The van der Waals surface area contributed by atoms with Crippen LogP contribution in [0.4, 0.5) is 0 Å². The van der Waals surface area contributed by atoms with Gasteiger partial charge < -0.3 is 9.64 Å². The Morgan fingerprint density at radius 2 is 1.86 bits per heavy atom. The molecule has 0 spiro atoms. The third-order valence-electron chi connectivity index (χ3n) is 4.86. The Morgan fingerprint density at radius 3 is 2.46 bits per heavy atom. The minimum absolute atomic E-state index is 0.134. The van der Waals surface area contributed by atoms with Gasteiger partial charge in [-0.05, 0) is 59.5 Å². The summed E-state index contributed by atoms with van der Waals surface area (Å²) in [4.78, 5) is 14.9. The number of carbonyl (C=O) groups excluding carboxylic acids is 1. The monoisotopic (exact) mass is 422 g/mol. The lowest BCUT2D eigenvalue weighted by molar-refractivity contribution is 0.0680. The molecule has 8 heteroatoms. The van der Waals surface area contributed by atoms with E-state index in [1.807, 2.05) is 16.8 Å². The molecule has 28 heavy (non-hydrogen) atoms. The molecule has 152 valence electrons. The van der Waals surface area contributed by atoms with E-state index in [-0.39, 0.29) is 10.8 Å². The molecule has 0 atom stereocenters. The summed E-state index contributed by atoms with van der Waals surface area (Å²) in [6.07, 6.45) is 2.86. The maximum absolute atomic E-state index is 13.0. The lowest BCUT2D eigenvalue weighted by atomic mass is 10.2. The van der Waals surface area contributed by atoms with Gasteiger partial charge in [0.05, 0.1) is 11.5 Å². The molecular weight excluding hydrogens is 396 g/mol. The second kappa shape index (κ2) is 9.65. The summed E-state index contributed by atoms with van der Waals surface area (Å²) >= 11 is 1.59. The summed E-state index contributed by atoms with van der Waals surface area (Å²) in [5.41, 5.74) is 1.54. The van der Waals surface area contributed by atoms with Crippen molar-refractivity contribution >= 4 is 27.3 Å². The van der Waals surface area contributed by atoms with E-state index < -0.39 is 10.0 Å². The van der Waals surface area contributed by atoms with Crippen LogP contribution < -0.4 is 0 Å². The molecule has 0 saturated carbocycles. The fourth-order valence-electron chi connectivity index (χ4n) is 3.26. The molecule has 6 nitrogen and oxygen atoms in total. The SMILES string of the molecule is COCCN(Cc1ccsc1)C(=O)c1ccc(S(=O)(=O)N2CCCCC2)cc1. The summed E-state index contributed by atoms with van der Waals surface area (Å²) in [6.45, 7) is 2.54. The van der Waals surface area contributed by atoms with Crippen molar-refractivity contribution in [1.29, 1.82) is 0 Å². The number of benzene rings is 1. The summed E-state index contributed by atoms with van der Waals surface area (Å²) in [6, 6.07) is 8.28. The number of hydrogen-bond donors (Lipinski definition) is 0. The number of nitrogens with zero attached hydrogens (tertiary/aromatic N) is 2. The van der Waals surface area contributed by atoms with Gasteiger partial charge in [0.15, 0.2) is 0 Å². The molecule has 1 aromatic heterocycles. The average molecular weight is 423 g/mol. The van der Waals surface area contributed by atoms with Crippen molar-refractivity contribution in [2.45, 2.75) is 30.7 Å². The predicted octanol–water partition coefficient (Wildman–Crippen LogP) is 3.21. The Balaban J connectivity index is 1.75. The highest BCUT2D eigenvalue weighted by Crippen LogP contribution is 2.21. The van der Waals surface area contributed by atoms with Crippen LogP contribution in [-0.2, 0) is 21.3 Å². The van der Waals surface area contributed by atoms with Crippen LogP contribution in [0.25, 0.3) is 0 Å². The lowest BCUT2D eigenvalue weighted by Crippen LogP contribution is -2.35. The molecule has 1 saturated heterocycles. The van der Waals surface area contributed by atoms with E-state index in [9.17, 15) is 13.2 Å². The molecule has 1 aliphatic rings. The Kier molecular flexibility index (Phi) is 7.23. The lowest BCUT2D eigenvalue weighted by Gasteiger charge is -2.26. The Hall–Kier alpha value is -1.74. The number of sulfonamides is 1. The molecule has 2 heterocycles. The number of methoxy groups -OCH3 is 1. The number of ether oxygens (including phenoxy) is 1. The molecule has 0 aliphatic carbocycles. The fraction of sp³-hybridized carbons (Fsp3) is 0.450. The molecule has 0 N–H and O–H groups in total. The van der Waals surface area contributed by atoms with Gasteiger partial charge in [-0.15, -0.1) is 0 Å². The molecule has 2 aromatic rings. The van der Waals surface area contributed by atoms with E-state index in [1.165, 1.54) is 16.4 Å². The first kappa shape index (κ1) is 21.0. The topological polar surface area (TPSA) is 66.9 Å². The first-order valence-electron chi connectivity index (χ1n) is 9.42. The molecule has 1 aromatic carbocycles. The maximum atomic E-state index is 13.0. The predicted molar refractivity (Wildman–Crippen MR) is 110 cm³/mol. The van der Waals surface area contributed by atoms with Crippen molar-refractivity contribution in [2.24, 2.45) is 0 Å². The minimum atomic E-state index is -3.49. The molecule has 1 amide bonds. The van der Waals surface area contributed by atoms with Gasteiger partial charge in [0, 0.05) is 38.9 Å². The van der Waals surface area contributed by atoms with Gasteiger partial charge in [0.1, 0.15) is 0 Å². The molecule has 1 aliphatic heterocycles. The number of carbonyl (C=O) groups is 1. The van der Waals surface area contributed by atoms with Crippen LogP contribution in [0.3, 0.4) is 0 Å². The first-order valence-corrected chi connectivity index (χ1v) is 11.8. The second-order valence-electron chi connectivity index (χ2n) is 6.84. The maximum Gasteiger partial charge on any atom is 0.254 e. The van der Waals surface area contributed by atoms with Crippen LogP contribution >= 0.6 is 11.3 Å². The van der Waals surface area contributed by atoms with Crippen molar-refractivity contribution < 1.29 is 17.9 Å². The number of amides is 1. The zero-order chi connectivity index (χ0) is 20.0. The second-order valence-corrected chi connectivity index (χ2v) is 9.56. The Morgan fingerprint density at radius 1 is 1.14 bits per heavy atom. The van der Waals surface area contributed by atoms with E-state index in [2.05, 4.69) is 0 Å². The average Bonchev–Trinajstić information content (AvgIpc) is 3.24. The fourth-order valence-corrected chi connectivity index (χ4v) is 5.44. The normalized spacial score (nSPS) is 15.5. The molecule has 0 bridgehead atoms. The van der Waals surface area contributed by atoms with Gasteiger partial charge in [-0.3, -0.25) is 4.79 Å². The van der Waals surface area contributed by atoms with Crippen LogP contribution in [0.2, 0.25) is 0 Å². The number of hydrogen-bond acceptors (Lipinski definition) is 5. The molecule has 0 radical (unpaired) electrons. The summed E-state index contributed by atoms with van der Waals surface area (Å²) in [5, 5.41) is 4.00.